The summed E-state index contributed by atoms with van der Waals surface area (Å²) in [6, 6.07) is 4.11. The van der Waals surface area contributed by atoms with Gasteiger partial charge < -0.3 is 11.1 Å². The fraction of sp³-hybridized carbons (Fsp3) is 0.533. The van der Waals surface area contributed by atoms with Crippen LogP contribution in [-0.4, -0.2) is 12.5 Å². The maximum absolute atomic E-state index is 13.5. The summed E-state index contributed by atoms with van der Waals surface area (Å²) >= 11 is 0. The van der Waals surface area contributed by atoms with Crippen molar-refractivity contribution in [3.8, 4) is 0 Å². The topological polar surface area (TPSA) is 55.1 Å². The van der Waals surface area contributed by atoms with E-state index in [0.29, 0.717) is 12.2 Å². The molecule has 0 aliphatic rings. The molecule has 3 nitrogen and oxygen atoms in total. The fourth-order valence-electron chi connectivity index (χ4n) is 1.92. The van der Waals surface area contributed by atoms with Gasteiger partial charge in [0.15, 0.2) is 0 Å². The molecule has 0 aliphatic carbocycles. The molecular weight excluding hydrogens is 243 g/mol. The van der Waals surface area contributed by atoms with Gasteiger partial charge in [0, 0.05) is 12.2 Å². The van der Waals surface area contributed by atoms with Crippen LogP contribution in [0, 0.1) is 5.82 Å². The molecule has 0 saturated heterocycles. The molecule has 0 radical (unpaired) electrons. The number of rotatable bonds is 8. The Morgan fingerprint density at radius 2 is 1.89 bits per heavy atom. The first kappa shape index (κ1) is 15.5. The Labute approximate surface area is 114 Å². The van der Waals surface area contributed by atoms with E-state index in [1.165, 1.54) is 43.9 Å². The van der Waals surface area contributed by atoms with Crippen molar-refractivity contribution in [1.82, 2.24) is 5.32 Å². The average Bonchev–Trinajstić information content (AvgIpc) is 2.37. The number of halogens is 1. The molecule has 1 amide bonds. The van der Waals surface area contributed by atoms with E-state index in [0.717, 1.165) is 12.8 Å². The first-order valence-corrected chi connectivity index (χ1v) is 6.98. The van der Waals surface area contributed by atoms with E-state index in [-0.39, 0.29) is 11.5 Å². The number of nitrogen functional groups attached to an aromatic ring is 1. The minimum Gasteiger partial charge on any atom is -0.399 e. The third-order valence-corrected chi connectivity index (χ3v) is 3.05. The number of hydrogen-bond donors (Lipinski definition) is 2. The van der Waals surface area contributed by atoms with Crippen LogP contribution in [0.3, 0.4) is 0 Å². The normalized spacial score (nSPS) is 10.4. The summed E-state index contributed by atoms with van der Waals surface area (Å²) in [6.45, 7) is 2.77. The van der Waals surface area contributed by atoms with Gasteiger partial charge in [-0.15, -0.1) is 0 Å². The second-order valence-corrected chi connectivity index (χ2v) is 4.76. The van der Waals surface area contributed by atoms with Gasteiger partial charge in [0.2, 0.25) is 0 Å². The summed E-state index contributed by atoms with van der Waals surface area (Å²) in [4.78, 5) is 11.7. The van der Waals surface area contributed by atoms with Crippen molar-refractivity contribution in [2.24, 2.45) is 0 Å². The van der Waals surface area contributed by atoms with Crippen molar-refractivity contribution < 1.29 is 9.18 Å². The predicted molar refractivity (Wildman–Crippen MR) is 76.5 cm³/mol. The third-order valence-electron chi connectivity index (χ3n) is 3.05. The van der Waals surface area contributed by atoms with Crippen molar-refractivity contribution in [3.63, 3.8) is 0 Å². The summed E-state index contributed by atoms with van der Waals surface area (Å²) in [6.07, 6.45) is 6.98. The maximum atomic E-state index is 13.5. The molecule has 0 spiro atoms. The molecule has 0 aromatic heterocycles. The molecule has 0 saturated carbocycles. The molecule has 0 bridgehead atoms. The number of nitrogens with two attached hydrogens (primary N) is 1. The summed E-state index contributed by atoms with van der Waals surface area (Å²) < 4.78 is 13.5. The molecule has 1 aromatic rings. The Morgan fingerprint density at radius 3 is 2.58 bits per heavy atom. The van der Waals surface area contributed by atoms with Crippen molar-refractivity contribution in [2.45, 2.75) is 45.4 Å². The zero-order valence-electron chi connectivity index (χ0n) is 11.5. The lowest BCUT2D eigenvalue weighted by atomic mass is 10.1. The van der Waals surface area contributed by atoms with Gasteiger partial charge in [0.05, 0.1) is 5.56 Å². The predicted octanol–water partition coefficient (Wildman–Crippen LogP) is 3.50. The van der Waals surface area contributed by atoms with Gasteiger partial charge in [-0.3, -0.25) is 4.79 Å². The molecular formula is C15H23FN2O. The van der Waals surface area contributed by atoms with Gasteiger partial charge in [-0.25, -0.2) is 4.39 Å². The summed E-state index contributed by atoms with van der Waals surface area (Å²) in [5, 5.41) is 2.73. The number of anilines is 1. The standard InChI is InChI=1S/C15H23FN2O/c1-2-3-4-5-6-7-10-18-15(19)13-9-8-12(17)11-14(13)16/h8-9,11H,2-7,10,17H2,1H3,(H,18,19). The summed E-state index contributed by atoms with van der Waals surface area (Å²) in [5.74, 6) is -0.938. The highest BCUT2D eigenvalue weighted by Crippen LogP contribution is 2.11. The second-order valence-electron chi connectivity index (χ2n) is 4.76. The Hall–Kier alpha value is -1.58. The van der Waals surface area contributed by atoms with E-state index in [4.69, 9.17) is 5.73 Å². The zero-order chi connectivity index (χ0) is 14.1. The number of amides is 1. The smallest absolute Gasteiger partial charge is 0.254 e. The number of carbonyl (C=O) groups is 1. The molecule has 0 unspecified atom stereocenters. The summed E-state index contributed by atoms with van der Waals surface area (Å²) in [5.41, 5.74) is 5.82. The average molecular weight is 266 g/mol. The zero-order valence-corrected chi connectivity index (χ0v) is 11.5. The van der Waals surface area contributed by atoms with Gasteiger partial charge in [0.1, 0.15) is 5.82 Å². The minimum absolute atomic E-state index is 0.0557. The van der Waals surface area contributed by atoms with Crippen LogP contribution in [0.4, 0.5) is 10.1 Å². The van der Waals surface area contributed by atoms with Crippen molar-refractivity contribution in [1.29, 1.82) is 0 Å². The van der Waals surface area contributed by atoms with Crippen LogP contribution in [0.2, 0.25) is 0 Å². The molecule has 0 atom stereocenters. The Bertz CT molecular complexity index is 407. The lowest BCUT2D eigenvalue weighted by Crippen LogP contribution is -2.25. The highest BCUT2D eigenvalue weighted by atomic mass is 19.1. The number of benzene rings is 1. The van der Waals surface area contributed by atoms with E-state index in [2.05, 4.69) is 12.2 Å². The molecule has 3 N–H and O–H groups in total. The maximum Gasteiger partial charge on any atom is 0.254 e. The largest absolute Gasteiger partial charge is 0.399 e. The van der Waals surface area contributed by atoms with Gasteiger partial charge in [-0.05, 0) is 24.6 Å². The number of unbranched alkanes of at least 4 members (excludes halogenated alkanes) is 5. The van der Waals surface area contributed by atoms with Crippen molar-refractivity contribution in [2.75, 3.05) is 12.3 Å². The minimum atomic E-state index is -0.569. The number of nitrogens with one attached hydrogen (secondary N) is 1. The van der Waals surface area contributed by atoms with E-state index in [9.17, 15) is 9.18 Å². The van der Waals surface area contributed by atoms with Crippen LogP contribution < -0.4 is 11.1 Å². The van der Waals surface area contributed by atoms with E-state index < -0.39 is 5.82 Å². The first-order valence-electron chi connectivity index (χ1n) is 6.98. The van der Waals surface area contributed by atoms with Crippen LogP contribution in [0.5, 0.6) is 0 Å². The molecule has 106 valence electrons. The third kappa shape index (κ3) is 5.73. The first-order chi connectivity index (χ1) is 9.15. The second kappa shape index (κ2) is 8.51. The highest BCUT2D eigenvalue weighted by Gasteiger charge is 2.10. The highest BCUT2D eigenvalue weighted by molar-refractivity contribution is 5.94. The van der Waals surface area contributed by atoms with Crippen molar-refractivity contribution in [3.05, 3.63) is 29.6 Å². The van der Waals surface area contributed by atoms with Crippen LogP contribution >= 0.6 is 0 Å². The Balaban J connectivity index is 2.24. The Morgan fingerprint density at radius 1 is 1.21 bits per heavy atom. The number of carbonyl (C=O) groups excluding carboxylic acids is 1. The molecule has 1 aromatic carbocycles. The van der Waals surface area contributed by atoms with Crippen LogP contribution in [-0.2, 0) is 0 Å². The van der Waals surface area contributed by atoms with Gasteiger partial charge in [0.25, 0.3) is 5.91 Å². The van der Waals surface area contributed by atoms with Crippen LogP contribution in [0.25, 0.3) is 0 Å². The molecule has 0 heterocycles. The lowest BCUT2D eigenvalue weighted by molar-refractivity contribution is 0.0949. The van der Waals surface area contributed by atoms with Crippen molar-refractivity contribution >= 4 is 11.6 Å². The fourth-order valence-corrected chi connectivity index (χ4v) is 1.92. The molecule has 0 fully saturated rings. The summed E-state index contributed by atoms with van der Waals surface area (Å²) in [7, 11) is 0. The van der Waals surface area contributed by atoms with Crippen LogP contribution in [0.15, 0.2) is 18.2 Å². The van der Waals surface area contributed by atoms with E-state index in [1.807, 2.05) is 0 Å². The van der Waals surface area contributed by atoms with E-state index in [1.54, 1.807) is 0 Å². The number of hydrogen-bond acceptors (Lipinski definition) is 2. The monoisotopic (exact) mass is 266 g/mol. The van der Waals surface area contributed by atoms with Gasteiger partial charge in [-0.1, -0.05) is 39.0 Å². The molecule has 4 heteroatoms. The lowest BCUT2D eigenvalue weighted by Gasteiger charge is -2.06. The molecule has 19 heavy (non-hydrogen) atoms. The molecule has 0 aliphatic heterocycles. The SMILES string of the molecule is CCCCCCCCNC(=O)c1ccc(N)cc1F. The Kier molecular flexibility index (Phi) is 6.93. The quantitative estimate of drug-likeness (QED) is 0.559. The molecule has 1 rings (SSSR count). The van der Waals surface area contributed by atoms with Gasteiger partial charge >= 0.3 is 0 Å². The van der Waals surface area contributed by atoms with Gasteiger partial charge in [-0.2, -0.15) is 0 Å². The van der Waals surface area contributed by atoms with Crippen LogP contribution in [0.1, 0.15) is 55.8 Å². The van der Waals surface area contributed by atoms with E-state index >= 15 is 0 Å².